The predicted octanol–water partition coefficient (Wildman–Crippen LogP) is 0.823. The molecule has 0 aliphatic carbocycles. The lowest BCUT2D eigenvalue weighted by Crippen LogP contribution is -2.34. The molecule has 3 heterocycles. The van der Waals surface area contributed by atoms with Crippen molar-refractivity contribution < 1.29 is 18.0 Å². The van der Waals surface area contributed by atoms with Crippen LogP contribution in [-0.4, -0.2) is 54.9 Å². The zero-order valence-corrected chi connectivity index (χ0v) is 17.9. The number of hydrogen-bond donors (Lipinski definition) is 2. The summed E-state index contributed by atoms with van der Waals surface area (Å²) in [6.45, 7) is 2.44. The number of nitrogens with zero attached hydrogens (tertiary/aromatic N) is 4. The van der Waals surface area contributed by atoms with Gasteiger partial charge in [-0.1, -0.05) is 0 Å². The van der Waals surface area contributed by atoms with E-state index in [1.807, 2.05) is 17.7 Å². The van der Waals surface area contributed by atoms with Crippen molar-refractivity contribution in [3.63, 3.8) is 0 Å². The van der Waals surface area contributed by atoms with Gasteiger partial charge in [0.05, 0.1) is 12.3 Å². The fraction of sp³-hybridized carbons (Fsp3) is 0.412. The maximum absolute atomic E-state index is 13.3. The first-order valence-corrected chi connectivity index (χ1v) is 11.5. The summed E-state index contributed by atoms with van der Waals surface area (Å²) >= 11 is 1.50. The molecule has 1 aliphatic heterocycles. The van der Waals surface area contributed by atoms with E-state index in [1.54, 1.807) is 4.90 Å². The van der Waals surface area contributed by atoms with Crippen LogP contribution in [0.4, 0.5) is 5.82 Å². The summed E-state index contributed by atoms with van der Waals surface area (Å²) in [4.78, 5) is 35.5. The molecule has 29 heavy (non-hydrogen) atoms. The average Bonchev–Trinajstić information content (AvgIpc) is 3.33. The molecule has 1 fully saturated rings. The van der Waals surface area contributed by atoms with Gasteiger partial charge in [-0.25, -0.2) is 24.2 Å². The normalized spacial score (nSPS) is 16.7. The Morgan fingerprint density at radius 3 is 2.66 bits per heavy atom. The summed E-state index contributed by atoms with van der Waals surface area (Å²) in [5.74, 6) is 4.10. The Hall–Kier alpha value is -2.57. The van der Waals surface area contributed by atoms with E-state index in [0.717, 1.165) is 34.1 Å². The van der Waals surface area contributed by atoms with Crippen LogP contribution in [0.15, 0.2) is 17.5 Å². The molecule has 0 bridgehead atoms. The second-order valence-electron chi connectivity index (χ2n) is 6.79. The Kier molecular flexibility index (Phi) is 5.87. The largest absolute Gasteiger partial charge is 0.329 e. The molecule has 1 aliphatic rings. The number of nitrogens with two attached hydrogens (primary N) is 1. The van der Waals surface area contributed by atoms with Crippen molar-refractivity contribution in [2.45, 2.75) is 25.8 Å². The van der Waals surface area contributed by atoms with Gasteiger partial charge >= 0.3 is 0 Å². The molecule has 2 aromatic rings. The van der Waals surface area contributed by atoms with Crippen LogP contribution in [0.25, 0.3) is 0 Å². The zero-order chi connectivity index (χ0) is 21.3. The molecule has 1 saturated heterocycles. The molecule has 2 aromatic heterocycles. The van der Waals surface area contributed by atoms with Gasteiger partial charge in [-0.15, -0.1) is 11.3 Å². The maximum atomic E-state index is 13.3. The fourth-order valence-electron chi connectivity index (χ4n) is 3.12. The standard InChI is InChI=1S/C17H22N6O4S2/c1-10-9-28-16(19-10)13-5-4-6-23(13)17(25)11-7-12(15(24)21-18)20-14(8-11)22(2)29(3,26)27/h7-9,13H,4-6,18H2,1-3H3,(H,21,24)/t13-/m1/s1. The molecular formula is C17H22N6O4S2. The molecule has 0 radical (unpaired) electrons. The Morgan fingerprint density at radius 1 is 1.34 bits per heavy atom. The Bertz CT molecular complexity index is 1050. The Labute approximate surface area is 172 Å². The Balaban J connectivity index is 2.02. The second kappa shape index (κ2) is 8.05. The predicted molar refractivity (Wildman–Crippen MR) is 109 cm³/mol. The van der Waals surface area contributed by atoms with Crippen molar-refractivity contribution in [2.24, 2.45) is 5.84 Å². The number of aromatic nitrogens is 2. The van der Waals surface area contributed by atoms with E-state index in [0.29, 0.717) is 6.54 Å². The van der Waals surface area contributed by atoms with E-state index in [4.69, 9.17) is 5.84 Å². The van der Waals surface area contributed by atoms with E-state index in [2.05, 4.69) is 9.97 Å². The van der Waals surface area contributed by atoms with Crippen LogP contribution in [0.1, 0.15) is 50.4 Å². The number of nitrogen functional groups attached to an aromatic ring is 1. The molecule has 2 amide bonds. The molecule has 156 valence electrons. The summed E-state index contributed by atoms with van der Waals surface area (Å²) in [5, 5.41) is 2.79. The molecule has 0 aromatic carbocycles. The fourth-order valence-corrected chi connectivity index (χ4v) is 4.49. The number of hydrazine groups is 1. The van der Waals surface area contributed by atoms with Gasteiger partial charge in [0, 0.05) is 30.2 Å². The summed E-state index contributed by atoms with van der Waals surface area (Å²) in [7, 11) is -2.34. The third-order valence-electron chi connectivity index (χ3n) is 4.68. The minimum absolute atomic E-state index is 0.0437. The van der Waals surface area contributed by atoms with E-state index in [-0.39, 0.29) is 29.0 Å². The first-order valence-electron chi connectivity index (χ1n) is 8.81. The monoisotopic (exact) mass is 438 g/mol. The highest BCUT2D eigenvalue weighted by Crippen LogP contribution is 2.35. The number of sulfonamides is 1. The van der Waals surface area contributed by atoms with Gasteiger partial charge in [-0.2, -0.15) is 0 Å². The zero-order valence-electron chi connectivity index (χ0n) is 16.2. The smallest absolute Gasteiger partial charge is 0.283 e. The molecule has 12 heteroatoms. The topological polar surface area (TPSA) is 139 Å². The third kappa shape index (κ3) is 4.38. The van der Waals surface area contributed by atoms with Gasteiger partial charge < -0.3 is 4.90 Å². The third-order valence-corrected chi connectivity index (χ3v) is 6.92. The van der Waals surface area contributed by atoms with Gasteiger partial charge in [0.2, 0.25) is 10.0 Å². The van der Waals surface area contributed by atoms with Crippen LogP contribution in [0.5, 0.6) is 0 Å². The number of anilines is 1. The number of carbonyl (C=O) groups excluding carboxylic acids is 2. The molecule has 1 atom stereocenters. The number of likely N-dealkylation sites (tertiary alicyclic amines) is 1. The number of pyridine rings is 1. The number of rotatable bonds is 5. The Morgan fingerprint density at radius 2 is 2.07 bits per heavy atom. The molecule has 0 unspecified atom stereocenters. The molecule has 10 nitrogen and oxygen atoms in total. The molecular weight excluding hydrogens is 416 g/mol. The van der Waals surface area contributed by atoms with Crippen LogP contribution >= 0.6 is 11.3 Å². The van der Waals surface area contributed by atoms with E-state index < -0.39 is 15.9 Å². The lowest BCUT2D eigenvalue weighted by molar-refractivity contribution is 0.0735. The van der Waals surface area contributed by atoms with Gasteiger partial charge in [0.15, 0.2) is 0 Å². The maximum Gasteiger partial charge on any atom is 0.283 e. The quantitative estimate of drug-likeness (QED) is 0.400. The molecule has 3 rings (SSSR count). The van der Waals surface area contributed by atoms with Gasteiger partial charge in [-0.3, -0.25) is 19.3 Å². The molecule has 0 saturated carbocycles. The molecule has 3 N–H and O–H groups in total. The van der Waals surface area contributed by atoms with E-state index >= 15 is 0 Å². The minimum atomic E-state index is -3.64. The van der Waals surface area contributed by atoms with Crippen molar-refractivity contribution in [2.75, 3.05) is 24.2 Å². The highest BCUT2D eigenvalue weighted by atomic mass is 32.2. The summed E-state index contributed by atoms with van der Waals surface area (Å²) in [5.41, 5.74) is 2.86. The minimum Gasteiger partial charge on any atom is -0.329 e. The first kappa shape index (κ1) is 21.1. The lowest BCUT2D eigenvalue weighted by atomic mass is 10.1. The van der Waals surface area contributed by atoms with E-state index in [9.17, 15) is 18.0 Å². The van der Waals surface area contributed by atoms with Crippen molar-refractivity contribution >= 4 is 39.0 Å². The van der Waals surface area contributed by atoms with Gasteiger partial charge in [0.1, 0.15) is 16.5 Å². The highest BCUT2D eigenvalue weighted by molar-refractivity contribution is 7.92. The van der Waals surface area contributed by atoms with Crippen LogP contribution in [-0.2, 0) is 10.0 Å². The van der Waals surface area contributed by atoms with Crippen molar-refractivity contribution in [1.29, 1.82) is 0 Å². The number of hydrogen-bond acceptors (Lipinski definition) is 8. The first-order chi connectivity index (χ1) is 13.6. The molecule has 0 spiro atoms. The number of aryl methyl sites for hydroxylation is 1. The lowest BCUT2D eigenvalue weighted by Gasteiger charge is -2.24. The van der Waals surface area contributed by atoms with E-state index in [1.165, 1.54) is 30.5 Å². The summed E-state index contributed by atoms with van der Waals surface area (Å²) < 4.78 is 24.7. The SMILES string of the molecule is Cc1csc([C@H]2CCCN2C(=O)c2cc(C(=O)NN)nc(N(C)S(C)(=O)=O)c2)n1. The van der Waals surface area contributed by atoms with Crippen molar-refractivity contribution in [3.05, 3.63) is 39.5 Å². The highest BCUT2D eigenvalue weighted by Gasteiger charge is 2.33. The number of carbonyl (C=O) groups is 2. The van der Waals surface area contributed by atoms with Crippen LogP contribution in [0.2, 0.25) is 0 Å². The van der Waals surface area contributed by atoms with Crippen LogP contribution in [0, 0.1) is 6.92 Å². The average molecular weight is 439 g/mol. The number of nitrogens with one attached hydrogen (secondary N) is 1. The van der Waals surface area contributed by atoms with Gasteiger partial charge in [0.25, 0.3) is 11.8 Å². The number of amides is 2. The van der Waals surface area contributed by atoms with Crippen molar-refractivity contribution in [3.8, 4) is 0 Å². The number of thiazole rings is 1. The van der Waals surface area contributed by atoms with Crippen LogP contribution in [0.3, 0.4) is 0 Å². The van der Waals surface area contributed by atoms with Crippen molar-refractivity contribution in [1.82, 2.24) is 20.3 Å². The summed E-state index contributed by atoms with van der Waals surface area (Å²) in [6.07, 6.45) is 2.62. The second-order valence-corrected chi connectivity index (χ2v) is 9.69. The van der Waals surface area contributed by atoms with Crippen LogP contribution < -0.4 is 15.6 Å². The van der Waals surface area contributed by atoms with Gasteiger partial charge in [-0.05, 0) is 31.9 Å². The summed E-state index contributed by atoms with van der Waals surface area (Å²) in [6, 6.07) is 2.52.